The van der Waals surface area contributed by atoms with Crippen molar-refractivity contribution in [3.63, 3.8) is 0 Å². The molecule has 0 saturated heterocycles. The zero-order chi connectivity index (χ0) is 16.1. The first-order valence-electron chi connectivity index (χ1n) is 7.16. The predicted octanol–water partition coefficient (Wildman–Crippen LogP) is 3.11. The molecule has 0 aliphatic rings. The SMILES string of the molecule is Nc1ccccc1NC(=O)C=Cc1cnn(-c2ccccc2)c1. The number of anilines is 2. The highest BCUT2D eigenvalue weighted by atomic mass is 16.1. The average Bonchev–Trinajstić information content (AvgIpc) is 3.05. The second-order valence-corrected chi connectivity index (χ2v) is 4.96. The summed E-state index contributed by atoms with van der Waals surface area (Å²) < 4.78 is 1.76. The van der Waals surface area contributed by atoms with Gasteiger partial charge in [0.2, 0.25) is 5.91 Å². The molecule has 5 heteroatoms. The number of hydrogen-bond acceptors (Lipinski definition) is 3. The molecule has 5 nitrogen and oxygen atoms in total. The summed E-state index contributed by atoms with van der Waals surface area (Å²) in [5.41, 5.74) is 8.73. The number of para-hydroxylation sites is 3. The van der Waals surface area contributed by atoms with Crippen LogP contribution in [-0.2, 0) is 4.79 Å². The summed E-state index contributed by atoms with van der Waals surface area (Å²) >= 11 is 0. The van der Waals surface area contributed by atoms with Gasteiger partial charge in [0.1, 0.15) is 0 Å². The summed E-state index contributed by atoms with van der Waals surface area (Å²) in [7, 11) is 0. The van der Waals surface area contributed by atoms with Gasteiger partial charge in [-0.25, -0.2) is 4.68 Å². The first-order valence-corrected chi connectivity index (χ1v) is 7.16. The van der Waals surface area contributed by atoms with Gasteiger partial charge in [-0.3, -0.25) is 4.79 Å². The van der Waals surface area contributed by atoms with Crippen LogP contribution in [0.1, 0.15) is 5.56 Å². The Labute approximate surface area is 134 Å². The number of benzene rings is 2. The Morgan fingerprint density at radius 1 is 1.09 bits per heavy atom. The maximum Gasteiger partial charge on any atom is 0.248 e. The molecule has 3 N–H and O–H groups in total. The molecule has 3 rings (SSSR count). The number of nitrogens with zero attached hydrogens (tertiary/aromatic N) is 2. The van der Waals surface area contributed by atoms with E-state index in [2.05, 4.69) is 10.4 Å². The summed E-state index contributed by atoms with van der Waals surface area (Å²) in [6.07, 6.45) is 6.73. The summed E-state index contributed by atoms with van der Waals surface area (Å²) in [6, 6.07) is 16.9. The molecular formula is C18H16N4O. The minimum atomic E-state index is -0.240. The number of carbonyl (C=O) groups excluding carboxylic acids is 1. The molecule has 3 aromatic rings. The lowest BCUT2D eigenvalue weighted by molar-refractivity contribution is -0.111. The molecular weight excluding hydrogens is 288 g/mol. The number of aromatic nitrogens is 2. The van der Waals surface area contributed by atoms with E-state index in [0.29, 0.717) is 11.4 Å². The summed E-state index contributed by atoms with van der Waals surface area (Å²) in [5, 5.41) is 7.02. The van der Waals surface area contributed by atoms with Crippen molar-refractivity contribution in [2.75, 3.05) is 11.1 Å². The van der Waals surface area contributed by atoms with Crippen molar-refractivity contribution in [2.45, 2.75) is 0 Å². The van der Waals surface area contributed by atoms with Crippen LogP contribution in [-0.4, -0.2) is 15.7 Å². The van der Waals surface area contributed by atoms with Gasteiger partial charge in [0, 0.05) is 17.8 Å². The fourth-order valence-electron chi connectivity index (χ4n) is 2.10. The maximum atomic E-state index is 11.9. The van der Waals surface area contributed by atoms with Gasteiger partial charge >= 0.3 is 0 Å². The Balaban J connectivity index is 1.68. The van der Waals surface area contributed by atoms with Crippen LogP contribution in [0.15, 0.2) is 73.1 Å². The second-order valence-electron chi connectivity index (χ2n) is 4.96. The van der Waals surface area contributed by atoms with Gasteiger partial charge in [0.15, 0.2) is 0 Å². The van der Waals surface area contributed by atoms with Crippen molar-refractivity contribution in [1.29, 1.82) is 0 Å². The molecule has 0 fully saturated rings. The molecule has 2 aromatic carbocycles. The maximum absolute atomic E-state index is 11.9. The zero-order valence-electron chi connectivity index (χ0n) is 12.4. The monoisotopic (exact) mass is 304 g/mol. The number of carbonyl (C=O) groups is 1. The molecule has 0 radical (unpaired) electrons. The largest absolute Gasteiger partial charge is 0.397 e. The number of nitrogens with two attached hydrogens (primary N) is 1. The van der Waals surface area contributed by atoms with Crippen molar-refractivity contribution < 1.29 is 4.79 Å². The van der Waals surface area contributed by atoms with Crippen molar-refractivity contribution in [1.82, 2.24) is 9.78 Å². The summed E-state index contributed by atoms with van der Waals surface area (Å²) in [6.45, 7) is 0. The van der Waals surface area contributed by atoms with Gasteiger partial charge < -0.3 is 11.1 Å². The van der Waals surface area contributed by atoms with E-state index >= 15 is 0 Å². The van der Waals surface area contributed by atoms with Crippen molar-refractivity contribution in [3.05, 3.63) is 78.6 Å². The van der Waals surface area contributed by atoms with Crippen molar-refractivity contribution in [3.8, 4) is 5.69 Å². The number of nitrogen functional groups attached to an aromatic ring is 1. The van der Waals surface area contributed by atoms with Gasteiger partial charge in [-0.2, -0.15) is 5.10 Å². The van der Waals surface area contributed by atoms with Gasteiger partial charge in [-0.1, -0.05) is 30.3 Å². The first-order chi connectivity index (χ1) is 11.2. The lowest BCUT2D eigenvalue weighted by Crippen LogP contribution is -2.09. The topological polar surface area (TPSA) is 72.9 Å². The standard InChI is InChI=1S/C18H16N4O/c19-16-8-4-5-9-17(16)21-18(23)11-10-14-12-20-22(13-14)15-6-2-1-3-7-15/h1-13H,19H2,(H,21,23). The number of amides is 1. The molecule has 1 heterocycles. The quantitative estimate of drug-likeness (QED) is 0.574. The molecule has 0 aliphatic heterocycles. The lowest BCUT2D eigenvalue weighted by Gasteiger charge is -2.04. The molecule has 114 valence electrons. The van der Waals surface area contributed by atoms with Gasteiger partial charge in [0.05, 0.1) is 23.3 Å². The van der Waals surface area contributed by atoms with Crippen LogP contribution in [0.4, 0.5) is 11.4 Å². The molecule has 0 spiro atoms. The smallest absolute Gasteiger partial charge is 0.248 e. The third kappa shape index (κ3) is 3.65. The van der Waals surface area contributed by atoms with Crippen LogP contribution in [0.5, 0.6) is 0 Å². The van der Waals surface area contributed by atoms with Crippen LogP contribution in [0.3, 0.4) is 0 Å². The van der Waals surface area contributed by atoms with E-state index in [1.165, 1.54) is 6.08 Å². The third-order valence-corrected chi connectivity index (χ3v) is 3.27. The molecule has 0 bridgehead atoms. The van der Waals surface area contributed by atoms with Crippen LogP contribution >= 0.6 is 0 Å². The third-order valence-electron chi connectivity index (χ3n) is 3.27. The Kier molecular flexibility index (Phi) is 4.20. The molecule has 1 aromatic heterocycles. The Morgan fingerprint density at radius 2 is 1.83 bits per heavy atom. The minimum Gasteiger partial charge on any atom is -0.397 e. The van der Waals surface area contributed by atoms with Gasteiger partial charge in [-0.05, 0) is 30.3 Å². The van der Waals surface area contributed by atoms with Crippen LogP contribution in [0.25, 0.3) is 11.8 Å². The highest BCUT2D eigenvalue weighted by Crippen LogP contribution is 2.16. The van der Waals surface area contributed by atoms with E-state index in [-0.39, 0.29) is 5.91 Å². The fourth-order valence-corrected chi connectivity index (χ4v) is 2.10. The van der Waals surface area contributed by atoms with E-state index in [1.807, 2.05) is 48.7 Å². The van der Waals surface area contributed by atoms with E-state index < -0.39 is 0 Å². The van der Waals surface area contributed by atoms with Crippen LogP contribution in [0.2, 0.25) is 0 Å². The summed E-state index contributed by atoms with van der Waals surface area (Å²) in [5.74, 6) is -0.240. The van der Waals surface area contributed by atoms with E-state index in [0.717, 1.165) is 11.3 Å². The highest BCUT2D eigenvalue weighted by Gasteiger charge is 2.02. The van der Waals surface area contributed by atoms with E-state index in [4.69, 9.17) is 5.73 Å². The van der Waals surface area contributed by atoms with Crippen molar-refractivity contribution in [2.24, 2.45) is 0 Å². The molecule has 0 aliphatic carbocycles. The number of nitrogens with one attached hydrogen (secondary N) is 1. The molecule has 23 heavy (non-hydrogen) atoms. The van der Waals surface area contributed by atoms with E-state index in [9.17, 15) is 4.79 Å². The summed E-state index contributed by atoms with van der Waals surface area (Å²) in [4.78, 5) is 11.9. The molecule has 1 amide bonds. The van der Waals surface area contributed by atoms with Gasteiger partial charge in [-0.15, -0.1) is 0 Å². The predicted molar refractivity (Wildman–Crippen MR) is 92.1 cm³/mol. The van der Waals surface area contributed by atoms with Crippen LogP contribution < -0.4 is 11.1 Å². The van der Waals surface area contributed by atoms with Crippen LogP contribution in [0, 0.1) is 0 Å². The van der Waals surface area contributed by atoms with Gasteiger partial charge in [0.25, 0.3) is 0 Å². The number of hydrogen-bond donors (Lipinski definition) is 2. The number of rotatable bonds is 4. The zero-order valence-corrected chi connectivity index (χ0v) is 12.4. The molecule has 0 atom stereocenters. The minimum absolute atomic E-state index is 0.240. The second kappa shape index (κ2) is 6.62. The van der Waals surface area contributed by atoms with Crippen molar-refractivity contribution >= 4 is 23.4 Å². The first kappa shape index (κ1) is 14.6. The Morgan fingerprint density at radius 3 is 2.61 bits per heavy atom. The lowest BCUT2D eigenvalue weighted by atomic mass is 10.2. The highest BCUT2D eigenvalue weighted by molar-refractivity contribution is 6.03. The fraction of sp³-hybridized carbons (Fsp3) is 0. The Hall–Kier alpha value is -3.34. The molecule has 0 saturated carbocycles. The molecule has 0 unspecified atom stereocenters. The van der Waals surface area contributed by atoms with E-state index in [1.54, 1.807) is 29.1 Å². The Bertz CT molecular complexity index is 837. The average molecular weight is 304 g/mol. The normalized spacial score (nSPS) is 10.8.